The van der Waals surface area contributed by atoms with Crippen LogP contribution in [0.3, 0.4) is 0 Å². The van der Waals surface area contributed by atoms with Crippen molar-refractivity contribution in [3.8, 4) is 0 Å². The fourth-order valence-corrected chi connectivity index (χ4v) is 6.05. The lowest BCUT2D eigenvalue weighted by molar-refractivity contribution is -0.120. The molecule has 7 nitrogen and oxygen atoms in total. The van der Waals surface area contributed by atoms with Gasteiger partial charge in [-0.05, 0) is 54.2 Å². The van der Waals surface area contributed by atoms with Crippen molar-refractivity contribution < 1.29 is 18.0 Å². The molecule has 0 atom stereocenters. The molecular weight excluding hydrogens is 510 g/mol. The minimum absolute atomic E-state index is 0.0200. The molecule has 1 aliphatic carbocycles. The van der Waals surface area contributed by atoms with Gasteiger partial charge in [-0.1, -0.05) is 73.5 Å². The Morgan fingerprint density at radius 3 is 2.13 bits per heavy atom. The molecule has 0 aliphatic heterocycles. The number of anilines is 1. The molecule has 2 amide bonds. The number of nitrogens with one attached hydrogen (secondary N) is 2. The van der Waals surface area contributed by atoms with Gasteiger partial charge in [-0.2, -0.15) is 0 Å². The van der Waals surface area contributed by atoms with Crippen molar-refractivity contribution in [1.82, 2.24) is 9.29 Å². The van der Waals surface area contributed by atoms with Gasteiger partial charge in [0.15, 0.2) is 0 Å². The van der Waals surface area contributed by atoms with E-state index in [9.17, 15) is 18.0 Å². The minimum atomic E-state index is -3.63. The Morgan fingerprint density at radius 2 is 1.54 bits per heavy atom. The Balaban J connectivity index is 1.56. The number of benzene rings is 3. The molecule has 0 bridgehead atoms. The molecule has 8 heteroatoms. The Hall–Kier alpha value is -3.91. The van der Waals surface area contributed by atoms with Crippen LogP contribution in [0.2, 0.25) is 0 Å². The highest BCUT2D eigenvalue weighted by Gasteiger charge is 2.24. The molecule has 0 radical (unpaired) electrons. The Kier molecular flexibility index (Phi) is 7.84. The summed E-state index contributed by atoms with van der Waals surface area (Å²) in [5.74, 6) is -0.455. The zero-order chi connectivity index (χ0) is 27.4. The maximum atomic E-state index is 12.8. The van der Waals surface area contributed by atoms with Gasteiger partial charge in [-0.25, -0.2) is 8.42 Å². The number of carbonyl (C=O) groups excluding carboxylic acids is 2. The fraction of sp³-hybridized carbons (Fsp3) is 0.290. The standard InChI is InChI=1S/C31H33N3O4S/c1-39(37,38)33-29(35)19-16-25-21-34(30(22-10-4-2-5-11-22)23-12-6-3-7-13-23)28-18-17-26(20-27(25)28)32-31(36)24-14-8-9-15-24/h2-7,10-13,17-18,20-21,24,30H,8-9,14-16,19H2,1H3,(H,32,36)(H,33,35). The lowest BCUT2D eigenvalue weighted by Gasteiger charge is -2.22. The van der Waals surface area contributed by atoms with Gasteiger partial charge in [-0.15, -0.1) is 0 Å². The number of nitrogens with zero attached hydrogens (tertiary/aromatic N) is 1. The molecule has 202 valence electrons. The largest absolute Gasteiger partial charge is 0.336 e. The van der Waals surface area contributed by atoms with Gasteiger partial charge < -0.3 is 9.88 Å². The third kappa shape index (κ3) is 6.40. The summed E-state index contributed by atoms with van der Waals surface area (Å²) in [6, 6.07) is 26.2. The van der Waals surface area contributed by atoms with Crippen molar-refractivity contribution in [1.29, 1.82) is 0 Å². The molecule has 0 unspecified atom stereocenters. The number of carbonyl (C=O) groups is 2. The zero-order valence-electron chi connectivity index (χ0n) is 22.0. The summed E-state index contributed by atoms with van der Waals surface area (Å²) >= 11 is 0. The van der Waals surface area contributed by atoms with Crippen LogP contribution in [-0.4, -0.2) is 31.1 Å². The molecule has 0 spiro atoms. The van der Waals surface area contributed by atoms with Crippen LogP contribution in [0.4, 0.5) is 5.69 Å². The normalized spacial score (nSPS) is 14.1. The number of rotatable bonds is 9. The number of aromatic nitrogens is 1. The van der Waals surface area contributed by atoms with Gasteiger partial charge >= 0.3 is 0 Å². The summed E-state index contributed by atoms with van der Waals surface area (Å²) in [5.41, 5.74) is 4.81. The first-order valence-electron chi connectivity index (χ1n) is 13.3. The monoisotopic (exact) mass is 543 g/mol. The molecule has 1 aromatic heterocycles. The number of amides is 2. The molecule has 4 aromatic rings. The Labute approximate surface area is 229 Å². The molecule has 5 rings (SSSR count). The molecule has 1 fully saturated rings. The smallest absolute Gasteiger partial charge is 0.233 e. The van der Waals surface area contributed by atoms with Gasteiger partial charge in [0.2, 0.25) is 21.8 Å². The third-order valence-electron chi connectivity index (χ3n) is 7.34. The van der Waals surface area contributed by atoms with Crippen LogP contribution < -0.4 is 10.0 Å². The maximum absolute atomic E-state index is 12.8. The van der Waals surface area contributed by atoms with E-state index in [0.717, 1.165) is 65.2 Å². The van der Waals surface area contributed by atoms with E-state index in [1.807, 2.05) is 60.8 Å². The van der Waals surface area contributed by atoms with E-state index in [-0.39, 0.29) is 24.3 Å². The van der Waals surface area contributed by atoms with Gasteiger partial charge in [0.1, 0.15) is 0 Å². The molecule has 1 saturated carbocycles. The highest BCUT2D eigenvalue weighted by atomic mass is 32.2. The Morgan fingerprint density at radius 1 is 0.923 bits per heavy atom. The first-order chi connectivity index (χ1) is 18.8. The van der Waals surface area contributed by atoms with E-state index in [4.69, 9.17) is 0 Å². The molecule has 2 N–H and O–H groups in total. The lowest BCUT2D eigenvalue weighted by atomic mass is 9.98. The van der Waals surface area contributed by atoms with Crippen LogP contribution in [0, 0.1) is 5.92 Å². The van der Waals surface area contributed by atoms with Crippen LogP contribution >= 0.6 is 0 Å². The Bertz CT molecular complexity index is 1530. The predicted octanol–water partition coefficient (Wildman–Crippen LogP) is 5.42. The summed E-state index contributed by atoms with van der Waals surface area (Å²) in [4.78, 5) is 25.2. The summed E-state index contributed by atoms with van der Waals surface area (Å²) < 4.78 is 27.4. The highest BCUT2D eigenvalue weighted by molar-refractivity contribution is 7.89. The average Bonchev–Trinajstić information content (AvgIpc) is 3.57. The fourth-order valence-electron chi connectivity index (χ4n) is 5.54. The maximum Gasteiger partial charge on any atom is 0.233 e. The second-order valence-corrected chi connectivity index (χ2v) is 12.0. The number of fused-ring (bicyclic) bond motifs is 1. The SMILES string of the molecule is CS(=O)(=O)NC(=O)CCc1cn(C(c2ccccc2)c2ccccc2)c2ccc(NC(=O)C3CCCC3)cc12. The number of sulfonamides is 1. The second kappa shape index (κ2) is 11.5. The molecule has 39 heavy (non-hydrogen) atoms. The van der Waals surface area contributed by atoms with E-state index in [2.05, 4.69) is 38.9 Å². The zero-order valence-corrected chi connectivity index (χ0v) is 22.8. The number of hydrogen-bond donors (Lipinski definition) is 2. The van der Waals surface area contributed by atoms with E-state index < -0.39 is 15.9 Å². The van der Waals surface area contributed by atoms with Crippen molar-refractivity contribution in [3.63, 3.8) is 0 Å². The van der Waals surface area contributed by atoms with Gasteiger partial charge in [0.05, 0.1) is 12.3 Å². The average molecular weight is 544 g/mol. The highest BCUT2D eigenvalue weighted by Crippen LogP contribution is 2.35. The van der Waals surface area contributed by atoms with Crippen LogP contribution in [0.25, 0.3) is 10.9 Å². The first-order valence-corrected chi connectivity index (χ1v) is 15.2. The molecule has 0 saturated heterocycles. The molecule has 1 aliphatic rings. The molecule has 3 aromatic carbocycles. The van der Waals surface area contributed by atoms with E-state index in [1.54, 1.807) is 0 Å². The lowest BCUT2D eigenvalue weighted by Crippen LogP contribution is -2.29. The van der Waals surface area contributed by atoms with E-state index in [1.165, 1.54) is 0 Å². The molecular formula is C31H33N3O4S. The van der Waals surface area contributed by atoms with Gasteiger partial charge in [-0.3, -0.25) is 14.3 Å². The summed E-state index contributed by atoms with van der Waals surface area (Å²) in [6.45, 7) is 0. The predicted molar refractivity (Wildman–Crippen MR) is 154 cm³/mol. The van der Waals surface area contributed by atoms with Crippen LogP contribution in [-0.2, 0) is 26.0 Å². The van der Waals surface area contributed by atoms with Gasteiger partial charge in [0.25, 0.3) is 0 Å². The van der Waals surface area contributed by atoms with Crippen molar-refractivity contribution in [3.05, 3.63) is 102 Å². The number of hydrogen-bond acceptors (Lipinski definition) is 4. The number of aryl methyl sites for hydroxylation is 1. The third-order valence-corrected chi connectivity index (χ3v) is 7.94. The van der Waals surface area contributed by atoms with Crippen molar-refractivity contribution in [2.75, 3.05) is 11.6 Å². The topological polar surface area (TPSA) is 97.3 Å². The summed E-state index contributed by atoms with van der Waals surface area (Å²) in [6.07, 6.45) is 7.39. The van der Waals surface area contributed by atoms with Crippen molar-refractivity contribution in [2.24, 2.45) is 5.92 Å². The van der Waals surface area contributed by atoms with E-state index >= 15 is 0 Å². The minimum Gasteiger partial charge on any atom is -0.336 e. The molecule has 1 heterocycles. The first kappa shape index (κ1) is 26.7. The van der Waals surface area contributed by atoms with Crippen molar-refractivity contribution in [2.45, 2.75) is 44.6 Å². The summed E-state index contributed by atoms with van der Waals surface area (Å²) in [7, 11) is -3.63. The van der Waals surface area contributed by atoms with Crippen LogP contribution in [0.5, 0.6) is 0 Å². The van der Waals surface area contributed by atoms with Crippen LogP contribution in [0.1, 0.15) is 54.8 Å². The van der Waals surface area contributed by atoms with E-state index in [0.29, 0.717) is 6.42 Å². The second-order valence-electron chi connectivity index (χ2n) is 10.3. The quantitative estimate of drug-likeness (QED) is 0.295. The van der Waals surface area contributed by atoms with Gasteiger partial charge in [0, 0.05) is 35.1 Å². The summed E-state index contributed by atoms with van der Waals surface area (Å²) in [5, 5.41) is 4.01. The van der Waals surface area contributed by atoms with Crippen molar-refractivity contribution >= 4 is 38.4 Å². The van der Waals surface area contributed by atoms with Crippen LogP contribution in [0.15, 0.2) is 85.1 Å².